The summed E-state index contributed by atoms with van der Waals surface area (Å²) in [7, 11) is 4.42. The highest BCUT2D eigenvalue weighted by molar-refractivity contribution is 14.1. The summed E-state index contributed by atoms with van der Waals surface area (Å²) in [5, 5.41) is 0.444. The van der Waals surface area contributed by atoms with Crippen molar-refractivity contribution in [2.75, 3.05) is 21.3 Å². The SMILES string of the molecule is COC(=O)C1=C(C)N=c2s/c(=C\c3cc(I)cc(I)c3OC)c(=O)n2[C@H]1c1cc(Cl)ccc1OC. The van der Waals surface area contributed by atoms with Crippen molar-refractivity contribution in [2.45, 2.75) is 13.0 Å². The number of allylic oxidation sites excluding steroid dienone is 1. The molecule has 0 amide bonds. The highest BCUT2D eigenvalue weighted by atomic mass is 127. The van der Waals surface area contributed by atoms with E-state index in [1.807, 2.05) is 12.1 Å². The molecule has 182 valence electrons. The summed E-state index contributed by atoms with van der Waals surface area (Å²) in [4.78, 5) is 31.7. The number of carbonyl (C=O) groups is 1. The minimum absolute atomic E-state index is 0.244. The van der Waals surface area contributed by atoms with Gasteiger partial charge in [0.15, 0.2) is 4.80 Å². The lowest BCUT2D eigenvalue weighted by Gasteiger charge is -2.25. The number of nitrogens with zero attached hydrogens (tertiary/aromatic N) is 2. The molecule has 1 atom stereocenters. The van der Waals surface area contributed by atoms with Crippen LogP contribution in [0.4, 0.5) is 0 Å². The number of carbonyl (C=O) groups excluding carboxylic acids is 1. The molecule has 1 aliphatic heterocycles. The van der Waals surface area contributed by atoms with Crippen molar-refractivity contribution in [2.24, 2.45) is 4.99 Å². The van der Waals surface area contributed by atoms with Gasteiger partial charge < -0.3 is 14.2 Å². The van der Waals surface area contributed by atoms with Crippen molar-refractivity contribution in [3.05, 3.63) is 84.6 Å². The van der Waals surface area contributed by atoms with Crippen molar-refractivity contribution in [3.63, 3.8) is 0 Å². The molecule has 0 radical (unpaired) electrons. The van der Waals surface area contributed by atoms with Gasteiger partial charge in [-0.2, -0.15) is 0 Å². The van der Waals surface area contributed by atoms with E-state index in [1.54, 1.807) is 38.3 Å². The van der Waals surface area contributed by atoms with Gasteiger partial charge in [-0.15, -0.1) is 0 Å². The first-order valence-electron chi connectivity index (χ1n) is 10.2. The van der Waals surface area contributed by atoms with Crippen LogP contribution in [-0.2, 0) is 9.53 Å². The quantitative estimate of drug-likeness (QED) is 0.289. The number of thiazole rings is 1. The zero-order chi connectivity index (χ0) is 25.4. The third kappa shape index (κ3) is 4.89. The van der Waals surface area contributed by atoms with Gasteiger partial charge in [-0.1, -0.05) is 22.9 Å². The van der Waals surface area contributed by atoms with Crippen LogP contribution in [0.2, 0.25) is 5.02 Å². The first-order valence-corrected chi connectivity index (χ1v) is 13.5. The first kappa shape index (κ1) is 26.2. The van der Waals surface area contributed by atoms with Gasteiger partial charge in [0.2, 0.25) is 0 Å². The van der Waals surface area contributed by atoms with E-state index in [4.69, 9.17) is 25.8 Å². The predicted octanol–water partition coefficient (Wildman–Crippen LogP) is 4.29. The Bertz CT molecular complexity index is 1560. The third-order valence-electron chi connectivity index (χ3n) is 5.44. The monoisotopic (exact) mass is 736 g/mol. The van der Waals surface area contributed by atoms with E-state index in [-0.39, 0.29) is 11.1 Å². The average molecular weight is 737 g/mol. The molecule has 0 N–H and O–H groups in total. The minimum Gasteiger partial charge on any atom is -0.496 e. The Morgan fingerprint density at radius 1 is 1.17 bits per heavy atom. The zero-order valence-electron chi connectivity index (χ0n) is 19.0. The lowest BCUT2D eigenvalue weighted by Crippen LogP contribution is -2.40. The Morgan fingerprint density at radius 2 is 1.91 bits per heavy atom. The molecule has 2 aromatic carbocycles. The smallest absolute Gasteiger partial charge is 0.338 e. The molecule has 0 aliphatic carbocycles. The van der Waals surface area contributed by atoms with Crippen LogP contribution >= 0.6 is 68.1 Å². The standard InChI is InChI=1S/C24H19ClI2N2O5S/c1-11-19(23(31)34-4)20(15-9-13(25)5-6-17(15)32-2)29-22(30)18(35-24(29)28-11)8-12-7-14(26)10-16(27)21(12)33-3/h5-10,20H,1-4H3/b18-8-/t20-/m0/s1. The van der Waals surface area contributed by atoms with Crippen LogP contribution < -0.4 is 24.4 Å². The zero-order valence-corrected chi connectivity index (χ0v) is 24.9. The minimum atomic E-state index is -0.826. The van der Waals surface area contributed by atoms with E-state index in [0.29, 0.717) is 37.1 Å². The number of ether oxygens (including phenoxy) is 3. The molecule has 3 aromatic rings. The van der Waals surface area contributed by atoms with Crippen LogP contribution in [0.3, 0.4) is 0 Å². The fraction of sp³-hybridized carbons (Fsp3) is 0.208. The largest absolute Gasteiger partial charge is 0.496 e. The van der Waals surface area contributed by atoms with Crippen molar-refractivity contribution < 1.29 is 19.0 Å². The first-order chi connectivity index (χ1) is 16.7. The van der Waals surface area contributed by atoms with Crippen molar-refractivity contribution >= 4 is 80.2 Å². The molecular weight excluding hydrogens is 718 g/mol. The van der Waals surface area contributed by atoms with E-state index in [0.717, 1.165) is 12.7 Å². The maximum atomic E-state index is 13.8. The second kappa shape index (κ2) is 10.6. The number of halogens is 3. The van der Waals surface area contributed by atoms with Gasteiger partial charge in [-0.3, -0.25) is 9.36 Å². The second-order valence-electron chi connectivity index (χ2n) is 7.47. The molecule has 0 saturated heterocycles. The molecule has 0 fully saturated rings. The van der Waals surface area contributed by atoms with Gasteiger partial charge >= 0.3 is 5.97 Å². The maximum absolute atomic E-state index is 13.8. The Labute approximate surface area is 237 Å². The van der Waals surface area contributed by atoms with Gasteiger partial charge in [0.05, 0.1) is 40.7 Å². The van der Waals surface area contributed by atoms with E-state index < -0.39 is 12.0 Å². The van der Waals surface area contributed by atoms with Crippen LogP contribution in [0.1, 0.15) is 24.1 Å². The molecule has 4 rings (SSSR count). The van der Waals surface area contributed by atoms with Gasteiger partial charge in [-0.05, 0) is 88.5 Å². The van der Waals surface area contributed by atoms with Crippen molar-refractivity contribution in [1.29, 1.82) is 0 Å². The Hall–Kier alpha value is -1.90. The van der Waals surface area contributed by atoms with Crippen LogP contribution in [0.15, 0.2) is 51.4 Å². The summed E-state index contributed by atoms with van der Waals surface area (Å²) in [5.74, 6) is 0.580. The maximum Gasteiger partial charge on any atom is 0.338 e. The third-order valence-corrected chi connectivity index (χ3v) is 8.08. The van der Waals surface area contributed by atoms with Gasteiger partial charge in [0.25, 0.3) is 5.56 Å². The number of methoxy groups -OCH3 is 3. The Morgan fingerprint density at radius 3 is 2.57 bits per heavy atom. The normalized spacial score (nSPS) is 15.5. The summed E-state index contributed by atoms with van der Waals surface area (Å²) in [6.07, 6.45) is 1.79. The van der Waals surface area contributed by atoms with E-state index in [9.17, 15) is 9.59 Å². The molecule has 2 heterocycles. The topological polar surface area (TPSA) is 79.1 Å². The molecule has 1 aromatic heterocycles. The van der Waals surface area contributed by atoms with Crippen molar-refractivity contribution in [3.8, 4) is 11.5 Å². The molecule has 11 heteroatoms. The fourth-order valence-electron chi connectivity index (χ4n) is 3.95. The van der Waals surface area contributed by atoms with Crippen LogP contribution in [0.25, 0.3) is 6.08 Å². The van der Waals surface area contributed by atoms with Gasteiger partial charge in [-0.25, -0.2) is 9.79 Å². The Kier molecular flexibility index (Phi) is 7.93. The van der Waals surface area contributed by atoms with Gasteiger partial charge in [0.1, 0.15) is 17.5 Å². The van der Waals surface area contributed by atoms with Crippen LogP contribution in [0, 0.1) is 7.14 Å². The Balaban J connectivity index is 2.05. The summed E-state index contributed by atoms with van der Waals surface area (Å²) < 4.78 is 20.1. The molecule has 0 saturated carbocycles. The number of rotatable bonds is 5. The van der Waals surface area contributed by atoms with E-state index in [2.05, 4.69) is 50.2 Å². The molecule has 0 bridgehead atoms. The van der Waals surface area contributed by atoms with Crippen LogP contribution in [0.5, 0.6) is 11.5 Å². The fourth-order valence-corrected chi connectivity index (χ4v) is 7.28. The number of hydrogen-bond acceptors (Lipinski definition) is 7. The van der Waals surface area contributed by atoms with E-state index >= 15 is 0 Å². The molecular formula is C24H19ClI2N2O5S. The lowest BCUT2D eigenvalue weighted by molar-refractivity contribution is -0.136. The van der Waals surface area contributed by atoms with Gasteiger partial charge in [0, 0.05) is 19.7 Å². The number of hydrogen-bond donors (Lipinski definition) is 0. The number of aromatic nitrogens is 1. The number of fused-ring (bicyclic) bond motifs is 1. The highest BCUT2D eigenvalue weighted by Gasteiger charge is 2.35. The number of esters is 1. The molecule has 1 aliphatic rings. The average Bonchev–Trinajstić information content (AvgIpc) is 3.11. The number of benzene rings is 2. The summed E-state index contributed by atoms with van der Waals surface area (Å²) in [6, 6.07) is 8.20. The molecule has 7 nitrogen and oxygen atoms in total. The van der Waals surface area contributed by atoms with Crippen molar-refractivity contribution in [1.82, 2.24) is 4.57 Å². The molecule has 0 spiro atoms. The predicted molar refractivity (Wildman–Crippen MR) is 152 cm³/mol. The lowest BCUT2D eigenvalue weighted by atomic mass is 9.95. The molecule has 0 unspecified atom stereocenters. The summed E-state index contributed by atoms with van der Waals surface area (Å²) >= 11 is 12.0. The second-order valence-corrected chi connectivity index (χ2v) is 11.3. The summed E-state index contributed by atoms with van der Waals surface area (Å²) in [6.45, 7) is 1.72. The van der Waals surface area contributed by atoms with E-state index in [1.165, 1.54) is 30.1 Å². The molecule has 35 heavy (non-hydrogen) atoms. The summed E-state index contributed by atoms with van der Waals surface area (Å²) in [5.41, 5.74) is 1.73. The highest BCUT2D eigenvalue weighted by Crippen LogP contribution is 2.37. The van der Waals surface area contributed by atoms with Crippen LogP contribution in [-0.4, -0.2) is 31.9 Å².